The molecule has 3 heteroatoms. The molecule has 0 amide bonds. The number of aromatic hydroxyl groups is 1. The second-order valence-corrected chi connectivity index (χ2v) is 4.85. The molecule has 0 saturated heterocycles. The molecule has 0 aliphatic heterocycles. The van der Waals surface area contributed by atoms with Gasteiger partial charge in [0.1, 0.15) is 11.5 Å². The van der Waals surface area contributed by atoms with Crippen LogP contribution in [0.4, 0.5) is 5.69 Å². The van der Waals surface area contributed by atoms with Crippen LogP contribution in [0.3, 0.4) is 0 Å². The first kappa shape index (κ1) is 14.3. The quantitative estimate of drug-likeness (QED) is 0.777. The number of hydrogen-bond donors (Lipinski definition) is 2. The van der Waals surface area contributed by atoms with Gasteiger partial charge in [0.2, 0.25) is 0 Å². The summed E-state index contributed by atoms with van der Waals surface area (Å²) in [5.41, 5.74) is 3.07. The molecule has 0 bridgehead atoms. The van der Waals surface area contributed by atoms with Crippen molar-refractivity contribution in [3.05, 3.63) is 53.6 Å². The molecule has 0 aliphatic carbocycles. The third kappa shape index (κ3) is 3.92. The maximum Gasteiger partial charge on any atom is 0.119 e. The third-order valence-corrected chi connectivity index (χ3v) is 3.09. The number of hydrogen-bond acceptors (Lipinski definition) is 3. The molecule has 0 saturated carbocycles. The van der Waals surface area contributed by atoms with E-state index in [-0.39, 0.29) is 0 Å². The number of anilines is 1. The average molecular weight is 271 g/mol. The molecule has 106 valence electrons. The first-order chi connectivity index (χ1) is 9.69. The molecule has 0 spiro atoms. The van der Waals surface area contributed by atoms with Gasteiger partial charge in [-0.3, -0.25) is 0 Å². The van der Waals surface area contributed by atoms with Gasteiger partial charge in [-0.25, -0.2) is 0 Å². The Morgan fingerprint density at radius 2 is 1.85 bits per heavy atom. The van der Waals surface area contributed by atoms with E-state index in [9.17, 15) is 5.11 Å². The molecule has 2 aromatic carbocycles. The van der Waals surface area contributed by atoms with Gasteiger partial charge in [0.25, 0.3) is 0 Å². The zero-order valence-electron chi connectivity index (χ0n) is 12.0. The van der Waals surface area contributed by atoms with E-state index in [0.717, 1.165) is 36.6 Å². The van der Waals surface area contributed by atoms with Crippen LogP contribution < -0.4 is 10.1 Å². The lowest BCUT2D eigenvalue weighted by atomic mass is 10.2. The van der Waals surface area contributed by atoms with Crippen molar-refractivity contribution in [1.82, 2.24) is 0 Å². The van der Waals surface area contributed by atoms with E-state index >= 15 is 0 Å². The first-order valence-corrected chi connectivity index (χ1v) is 6.94. The zero-order valence-corrected chi connectivity index (χ0v) is 12.0. The van der Waals surface area contributed by atoms with Crippen molar-refractivity contribution >= 4 is 5.69 Å². The van der Waals surface area contributed by atoms with Gasteiger partial charge in [-0.2, -0.15) is 0 Å². The van der Waals surface area contributed by atoms with Crippen LogP contribution in [-0.2, 0) is 6.54 Å². The largest absolute Gasteiger partial charge is 0.508 e. The second kappa shape index (κ2) is 6.85. The highest BCUT2D eigenvalue weighted by atomic mass is 16.5. The normalized spacial score (nSPS) is 10.3. The Balaban J connectivity index is 1.91. The van der Waals surface area contributed by atoms with Crippen LogP contribution in [0, 0.1) is 6.92 Å². The summed E-state index contributed by atoms with van der Waals surface area (Å²) >= 11 is 0. The summed E-state index contributed by atoms with van der Waals surface area (Å²) in [7, 11) is 0. The minimum atomic E-state index is 0.327. The highest BCUT2D eigenvalue weighted by molar-refractivity contribution is 5.50. The first-order valence-electron chi connectivity index (χ1n) is 6.94. The van der Waals surface area contributed by atoms with Crippen LogP contribution in [-0.4, -0.2) is 11.7 Å². The number of phenols is 1. The summed E-state index contributed by atoms with van der Waals surface area (Å²) < 4.78 is 5.55. The molecule has 0 radical (unpaired) electrons. The molecule has 20 heavy (non-hydrogen) atoms. The van der Waals surface area contributed by atoms with Gasteiger partial charge < -0.3 is 15.2 Å². The predicted octanol–water partition coefficient (Wildman–Crippen LogP) is 4.10. The Labute approximate surface area is 120 Å². The maximum atomic E-state index is 9.49. The number of nitrogens with one attached hydrogen (secondary N) is 1. The van der Waals surface area contributed by atoms with Crippen molar-refractivity contribution in [1.29, 1.82) is 0 Å². The summed E-state index contributed by atoms with van der Waals surface area (Å²) in [4.78, 5) is 0. The van der Waals surface area contributed by atoms with Crippen LogP contribution in [0.25, 0.3) is 0 Å². The van der Waals surface area contributed by atoms with Crippen molar-refractivity contribution in [2.45, 2.75) is 26.8 Å². The van der Waals surface area contributed by atoms with Crippen LogP contribution in [0.2, 0.25) is 0 Å². The van der Waals surface area contributed by atoms with Crippen molar-refractivity contribution < 1.29 is 9.84 Å². The third-order valence-electron chi connectivity index (χ3n) is 3.09. The Morgan fingerprint density at radius 3 is 2.50 bits per heavy atom. The van der Waals surface area contributed by atoms with E-state index in [1.54, 1.807) is 6.07 Å². The van der Waals surface area contributed by atoms with E-state index in [0.29, 0.717) is 5.75 Å². The summed E-state index contributed by atoms with van der Waals surface area (Å²) in [5.74, 6) is 1.24. The van der Waals surface area contributed by atoms with Gasteiger partial charge in [0.15, 0.2) is 0 Å². The SMILES string of the molecule is CCCOc1ccc(CNc2ccc(O)c(C)c2)cc1. The van der Waals surface area contributed by atoms with Crippen molar-refractivity contribution in [3.8, 4) is 11.5 Å². The smallest absolute Gasteiger partial charge is 0.119 e. The fourth-order valence-electron chi connectivity index (χ4n) is 1.89. The number of phenolic OH excluding ortho intramolecular Hbond substituents is 1. The minimum Gasteiger partial charge on any atom is -0.508 e. The average Bonchev–Trinajstić information content (AvgIpc) is 2.47. The molecule has 0 heterocycles. The molecule has 3 nitrogen and oxygen atoms in total. The van der Waals surface area contributed by atoms with Gasteiger partial charge in [-0.1, -0.05) is 19.1 Å². The predicted molar refractivity (Wildman–Crippen MR) is 82.4 cm³/mol. The van der Waals surface area contributed by atoms with Crippen LogP contribution in [0.15, 0.2) is 42.5 Å². The fourth-order valence-corrected chi connectivity index (χ4v) is 1.89. The summed E-state index contributed by atoms with van der Waals surface area (Å²) in [6.07, 6.45) is 1.02. The lowest BCUT2D eigenvalue weighted by Gasteiger charge is -2.09. The van der Waals surface area contributed by atoms with Gasteiger partial charge in [0.05, 0.1) is 6.61 Å². The molecule has 2 N–H and O–H groups in total. The van der Waals surface area contributed by atoms with E-state index in [2.05, 4.69) is 24.4 Å². The van der Waals surface area contributed by atoms with Gasteiger partial charge >= 0.3 is 0 Å². The van der Waals surface area contributed by atoms with Crippen LogP contribution in [0.1, 0.15) is 24.5 Å². The molecular weight excluding hydrogens is 250 g/mol. The van der Waals surface area contributed by atoms with Gasteiger partial charge in [0, 0.05) is 12.2 Å². The monoisotopic (exact) mass is 271 g/mol. The van der Waals surface area contributed by atoms with Crippen molar-refractivity contribution in [2.24, 2.45) is 0 Å². The summed E-state index contributed by atoms with van der Waals surface area (Å²) in [5, 5.41) is 12.8. The molecular formula is C17H21NO2. The second-order valence-electron chi connectivity index (χ2n) is 4.85. The number of aryl methyl sites for hydroxylation is 1. The van der Waals surface area contributed by atoms with Gasteiger partial charge in [-0.15, -0.1) is 0 Å². The fraction of sp³-hybridized carbons (Fsp3) is 0.294. The van der Waals surface area contributed by atoms with Crippen molar-refractivity contribution in [3.63, 3.8) is 0 Å². The molecule has 2 aromatic rings. The molecule has 0 aromatic heterocycles. The minimum absolute atomic E-state index is 0.327. The van der Waals surface area contributed by atoms with Gasteiger partial charge in [-0.05, 0) is 54.8 Å². The van der Waals surface area contributed by atoms with E-state index in [1.807, 2.05) is 31.2 Å². The number of benzene rings is 2. The maximum absolute atomic E-state index is 9.49. The Bertz CT molecular complexity index is 549. The van der Waals surface area contributed by atoms with Crippen LogP contribution in [0.5, 0.6) is 11.5 Å². The summed E-state index contributed by atoms with van der Waals surface area (Å²) in [6.45, 7) is 5.49. The molecule has 0 unspecified atom stereocenters. The highest BCUT2D eigenvalue weighted by Crippen LogP contribution is 2.21. The molecule has 0 atom stereocenters. The molecule has 0 aliphatic rings. The molecule has 0 fully saturated rings. The van der Waals surface area contributed by atoms with E-state index in [1.165, 1.54) is 5.56 Å². The number of rotatable bonds is 6. The van der Waals surface area contributed by atoms with Crippen LogP contribution >= 0.6 is 0 Å². The van der Waals surface area contributed by atoms with Crippen molar-refractivity contribution in [2.75, 3.05) is 11.9 Å². The van der Waals surface area contributed by atoms with E-state index < -0.39 is 0 Å². The Hall–Kier alpha value is -2.16. The zero-order chi connectivity index (χ0) is 14.4. The Kier molecular flexibility index (Phi) is 4.88. The lowest BCUT2D eigenvalue weighted by Crippen LogP contribution is -2.00. The molecule has 2 rings (SSSR count). The summed E-state index contributed by atoms with van der Waals surface area (Å²) in [6, 6.07) is 13.6. The van der Waals surface area contributed by atoms with E-state index in [4.69, 9.17) is 4.74 Å². The number of ether oxygens (including phenoxy) is 1. The Morgan fingerprint density at radius 1 is 1.10 bits per heavy atom. The standard InChI is InChI=1S/C17H21NO2/c1-3-10-20-16-7-4-14(5-8-16)12-18-15-6-9-17(19)13(2)11-15/h4-9,11,18-19H,3,10,12H2,1-2H3. The highest BCUT2D eigenvalue weighted by Gasteiger charge is 1.99. The topological polar surface area (TPSA) is 41.5 Å². The lowest BCUT2D eigenvalue weighted by molar-refractivity contribution is 0.317.